The Labute approximate surface area is 144 Å². The summed E-state index contributed by atoms with van der Waals surface area (Å²) in [5.74, 6) is 4.77. The van der Waals surface area contributed by atoms with Crippen LogP contribution in [0, 0.1) is 0 Å². The fraction of sp³-hybridized carbons (Fsp3) is 0.333. The van der Waals surface area contributed by atoms with Gasteiger partial charge in [-0.1, -0.05) is 12.1 Å². The van der Waals surface area contributed by atoms with Gasteiger partial charge >= 0.3 is 0 Å². The number of hydrazone groups is 1. The molecule has 0 radical (unpaired) electrons. The van der Waals surface area contributed by atoms with Gasteiger partial charge in [0.25, 0.3) is 16.0 Å². The first-order valence-corrected chi connectivity index (χ1v) is 9.23. The maximum atomic E-state index is 12.2. The molecule has 1 heterocycles. The first kappa shape index (κ1) is 18.9. The molecule has 25 heavy (non-hydrogen) atoms. The number of aryl methyl sites for hydroxylation is 2. The van der Waals surface area contributed by atoms with E-state index in [9.17, 15) is 18.3 Å². The van der Waals surface area contributed by atoms with E-state index in [-0.39, 0.29) is 5.91 Å². The average molecular weight is 368 g/mol. The van der Waals surface area contributed by atoms with Crippen LogP contribution in [0.3, 0.4) is 0 Å². The second-order valence-corrected chi connectivity index (χ2v) is 7.13. The van der Waals surface area contributed by atoms with E-state index in [0.717, 1.165) is 22.0 Å². The van der Waals surface area contributed by atoms with Gasteiger partial charge in [0.1, 0.15) is 12.0 Å². The largest absolute Gasteiger partial charge is 0.388 e. The zero-order valence-electron chi connectivity index (χ0n) is 13.8. The molecule has 0 spiro atoms. The third kappa shape index (κ3) is 4.16. The molecular weight excluding hydrogens is 348 g/mol. The van der Waals surface area contributed by atoms with Crippen LogP contribution in [0.1, 0.15) is 34.1 Å². The fourth-order valence-corrected chi connectivity index (χ4v) is 3.02. The third-order valence-corrected chi connectivity index (χ3v) is 3.87. The van der Waals surface area contributed by atoms with Crippen LogP contribution < -0.4 is 11.2 Å². The van der Waals surface area contributed by atoms with E-state index >= 15 is 0 Å². The molecule has 3 rings (SSSR count). The van der Waals surface area contributed by atoms with Gasteiger partial charge in [0.05, 0.1) is 12.4 Å². The molecule has 9 nitrogen and oxygen atoms in total. The second kappa shape index (κ2) is 7.21. The molecule has 136 valence electrons. The molecule has 1 aliphatic carbocycles. The topological polar surface area (TPSA) is 147 Å². The van der Waals surface area contributed by atoms with Crippen LogP contribution in [-0.2, 0) is 23.6 Å². The highest BCUT2D eigenvalue weighted by atomic mass is 32.2. The minimum absolute atomic E-state index is 0.241. The second-order valence-electron chi connectivity index (χ2n) is 5.67. The molecule has 0 aliphatic heterocycles. The van der Waals surface area contributed by atoms with Crippen LogP contribution in [0.25, 0.3) is 10.9 Å². The lowest BCUT2D eigenvalue weighted by Gasteiger charge is -2.18. The molecule has 0 fully saturated rings. The molecule has 1 atom stereocenters. The molecule has 0 saturated carbocycles. The van der Waals surface area contributed by atoms with Gasteiger partial charge in [-0.05, 0) is 30.0 Å². The minimum atomic E-state index is -3.67. The normalized spacial score (nSPS) is 16.6. The predicted molar refractivity (Wildman–Crippen MR) is 93.8 cm³/mol. The summed E-state index contributed by atoms with van der Waals surface area (Å²) in [6, 6.07) is 5.77. The number of benzene rings is 1. The Balaban J connectivity index is 0.000000399. The number of nitrogens with zero attached hydrogens (tertiary/aromatic N) is 2. The molecule has 1 aliphatic rings. The Morgan fingerprint density at radius 2 is 2.12 bits per heavy atom. The van der Waals surface area contributed by atoms with Crippen molar-refractivity contribution in [2.75, 3.05) is 6.26 Å². The minimum Gasteiger partial charge on any atom is -0.388 e. The zero-order valence-corrected chi connectivity index (χ0v) is 14.6. The number of amides is 1. The van der Waals surface area contributed by atoms with E-state index in [1.807, 2.05) is 29.8 Å². The van der Waals surface area contributed by atoms with Crippen LogP contribution >= 0.6 is 0 Å². The van der Waals surface area contributed by atoms with Crippen molar-refractivity contribution in [1.29, 1.82) is 0 Å². The molecule has 2 aromatic rings. The zero-order chi connectivity index (χ0) is 18.8. The molecule has 10 heteroatoms. The number of aliphatic hydroxyl groups excluding tert-OH is 1. The predicted octanol–water partition coefficient (Wildman–Crippen LogP) is 0.294. The number of aliphatic hydroxyl groups is 1. The molecule has 1 unspecified atom stereocenters. The number of carbonyl (C=O) groups is 1. The van der Waals surface area contributed by atoms with Gasteiger partial charge in [0.2, 0.25) is 0 Å². The van der Waals surface area contributed by atoms with Gasteiger partial charge < -0.3 is 20.8 Å². The highest BCUT2D eigenvalue weighted by Crippen LogP contribution is 2.38. The molecule has 1 aromatic carbocycles. The van der Waals surface area contributed by atoms with Gasteiger partial charge in [-0.2, -0.15) is 13.5 Å². The van der Waals surface area contributed by atoms with Gasteiger partial charge in [0.15, 0.2) is 0 Å². The molecule has 1 aromatic heterocycles. The van der Waals surface area contributed by atoms with E-state index < -0.39 is 16.2 Å². The van der Waals surface area contributed by atoms with Crippen LogP contribution in [0.4, 0.5) is 0 Å². The van der Waals surface area contributed by atoms with Crippen LogP contribution in [0.15, 0.2) is 23.3 Å². The van der Waals surface area contributed by atoms with Crippen LogP contribution in [-0.4, -0.2) is 41.1 Å². The van der Waals surface area contributed by atoms with E-state index in [0.29, 0.717) is 24.8 Å². The lowest BCUT2D eigenvalue weighted by atomic mass is 9.89. The first-order valence-electron chi connectivity index (χ1n) is 7.38. The fourth-order valence-electron chi connectivity index (χ4n) is 3.02. The Bertz CT molecular complexity index is 925. The molecular formula is C15H20N4O5S. The smallest absolute Gasteiger partial charge is 0.273 e. The highest BCUT2D eigenvalue weighted by Gasteiger charge is 2.28. The number of hydrogen-bond donors (Lipinski definition) is 4. The summed E-state index contributed by atoms with van der Waals surface area (Å²) in [5, 5.41) is 16.9. The van der Waals surface area contributed by atoms with Gasteiger partial charge in [0, 0.05) is 18.0 Å². The van der Waals surface area contributed by atoms with E-state index in [4.69, 9.17) is 10.4 Å². The van der Waals surface area contributed by atoms with Crippen molar-refractivity contribution in [1.82, 2.24) is 9.88 Å². The van der Waals surface area contributed by atoms with Gasteiger partial charge in [-0.25, -0.2) is 0 Å². The quantitative estimate of drug-likeness (QED) is 0.197. The Hall–Kier alpha value is -2.43. The summed E-state index contributed by atoms with van der Waals surface area (Å²) in [4.78, 5) is 12.2. The summed E-state index contributed by atoms with van der Waals surface area (Å²) in [7, 11) is -1.82. The van der Waals surface area contributed by atoms with Crippen molar-refractivity contribution >= 4 is 33.3 Å². The first-order chi connectivity index (χ1) is 11.6. The van der Waals surface area contributed by atoms with Crippen molar-refractivity contribution in [3.05, 3.63) is 35.0 Å². The van der Waals surface area contributed by atoms with E-state index in [1.165, 1.54) is 6.34 Å². The number of hydrogen-bond acceptors (Lipinski definition) is 6. The Morgan fingerprint density at radius 3 is 2.72 bits per heavy atom. The lowest BCUT2D eigenvalue weighted by molar-refractivity contribution is 0.0969. The van der Waals surface area contributed by atoms with Crippen molar-refractivity contribution in [3.8, 4) is 0 Å². The van der Waals surface area contributed by atoms with Crippen molar-refractivity contribution in [2.45, 2.75) is 18.9 Å². The number of carbonyl (C=O) groups excluding carboxylic acids is 1. The Kier molecular flexibility index (Phi) is 5.45. The number of nitrogens with two attached hydrogens (primary N) is 1. The highest BCUT2D eigenvalue weighted by molar-refractivity contribution is 7.85. The SMILES string of the molecule is CS(=O)(=O)O.Cn1c(C(=O)NC=NN)c2c3c(cccc31)C(O)CC2. The van der Waals surface area contributed by atoms with Crippen molar-refractivity contribution < 1.29 is 22.9 Å². The Morgan fingerprint density at radius 1 is 1.48 bits per heavy atom. The van der Waals surface area contributed by atoms with Gasteiger partial charge in [-0.3, -0.25) is 9.35 Å². The van der Waals surface area contributed by atoms with Crippen LogP contribution in [0.5, 0.6) is 0 Å². The number of rotatable bonds is 2. The van der Waals surface area contributed by atoms with Crippen LogP contribution in [0.2, 0.25) is 0 Å². The standard InChI is InChI=1S/C14H16N4O2.CH4O3S/c1-18-10-4-2-3-8-11(19)6-5-9(12(8)10)13(18)14(20)16-7-17-15;1-5(2,3)4/h2-4,7,11,19H,5-6,15H2,1H3,(H,16,17,20);1H3,(H,2,3,4). The summed E-state index contributed by atoms with van der Waals surface area (Å²) in [6.45, 7) is 0. The summed E-state index contributed by atoms with van der Waals surface area (Å²) in [5.41, 5.74) is 3.42. The van der Waals surface area contributed by atoms with E-state index in [2.05, 4.69) is 10.4 Å². The summed E-state index contributed by atoms with van der Waals surface area (Å²) >= 11 is 0. The van der Waals surface area contributed by atoms with Gasteiger partial charge in [-0.15, -0.1) is 0 Å². The maximum absolute atomic E-state index is 12.2. The molecule has 5 N–H and O–H groups in total. The summed E-state index contributed by atoms with van der Waals surface area (Å²) in [6.07, 6.45) is 2.73. The molecule has 0 saturated heterocycles. The monoisotopic (exact) mass is 368 g/mol. The molecule has 1 amide bonds. The van der Waals surface area contributed by atoms with Crippen molar-refractivity contribution in [3.63, 3.8) is 0 Å². The number of aromatic nitrogens is 1. The van der Waals surface area contributed by atoms with Crippen molar-refractivity contribution in [2.24, 2.45) is 18.0 Å². The average Bonchev–Trinajstić information content (AvgIpc) is 2.81. The summed E-state index contributed by atoms with van der Waals surface area (Å²) < 4.78 is 27.7. The molecule has 0 bridgehead atoms. The lowest BCUT2D eigenvalue weighted by Crippen LogP contribution is -2.25. The number of nitrogens with one attached hydrogen (secondary N) is 1. The third-order valence-electron chi connectivity index (χ3n) is 3.87. The maximum Gasteiger partial charge on any atom is 0.273 e. The van der Waals surface area contributed by atoms with E-state index in [1.54, 1.807) is 0 Å².